The number of rotatable bonds is 6. The number of alkyl halides is 6. The van der Waals surface area contributed by atoms with Gasteiger partial charge in [0.2, 0.25) is 0 Å². The normalized spacial score (nSPS) is 14.9. The van der Waals surface area contributed by atoms with Crippen molar-refractivity contribution in [3.63, 3.8) is 0 Å². The number of nitrogens with zero attached hydrogens (tertiary/aromatic N) is 1. The van der Waals surface area contributed by atoms with Gasteiger partial charge in [0.15, 0.2) is 0 Å². The molecule has 3 nitrogen and oxygen atoms in total. The van der Waals surface area contributed by atoms with E-state index < -0.39 is 35.6 Å². The van der Waals surface area contributed by atoms with E-state index in [1.807, 2.05) is 0 Å². The fourth-order valence-electron chi connectivity index (χ4n) is 3.22. The van der Waals surface area contributed by atoms with Crippen LogP contribution in [0.1, 0.15) is 34.2 Å². The maximum atomic E-state index is 13.2. The summed E-state index contributed by atoms with van der Waals surface area (Å²) in [5.74, 6) is 0.584. The zero-order chi connectivity index (χ0) is 23.5. The minimum atomic E-state index is -4.97. The van der Waals surface area contributed by atoms with Crippen molar-refractivity contribution in [2.24, 2.45) is 5.16 Å². The van der Waals surface area contributed by atoms with Crippen LogP contribution in [0.15, 0.2) is 52.1 Å². The van der Waals surface area contributed by atoms with Crippen LogP contribution in [-0.4, -0.2) is 12.3 Å². The van der Waals surface area contributed by atoms with Crippen LogP contribution in [0.2, 0.25) is 0 Å². The first kappa shape index (κ1) is 24.3. The van der Waals surface area contributed by atoms with Crippen molar-refractivity contribution in [2.75, 3.05) is 6.61 Å². The molecule has 0 fully saturated rings. The van der Waals surface area contributed by atoms with Crippen molar-refractivity contribution in [1.82, 2.24) is 0 Å². The maximum absolute atomic E-state index is 13.2. The molecule has 1 aliphatic rings. The third kappa shape index (κ3) is 5.89. The summed E-state index contributed by atoms with van der Waals surface area (Å²) in [5.41, 5.74) is -1.19. The lowest BCUT2D eigenvalue weighted by atomic mass is 10.0. The third-order valence-corrected chi connectivity index (χ3v) is 4.98. The molecule has 1 aliphatic carbocycles. The lowest BCUT2D eigenvalue weighted by molar-refractivity contribution is -0.143. The summed E-state index contributed by atoms with van der Waals surface area (Å²) in [5, 5.41) is 3.92. The molecule has 11 heteroatoms. The Morgan fingerprint density at radius 2 is 1.75 bits per heavy atom. The van der Waals surface area contributed by atoms with Gasteiger partial charge in [-0.3, -0.25) is 0 Å². The number of benzene rings is 2. The Morgan fingerprint density at radius 3 is 2.41 bits per heavy atom. The third-order valence-electron chi connectivity index (χ3n) is 4.67. The van der Waals surface area contributed by atoms with E-state index in [1.165, 1.54) is 6.08 Å². The van der Waals surface area contributed by atoms with E-state index in [1.54, 1.807) is 18.2 Å². The summed E-state index contributed by atoms with van der Waals surface area (Å²) in [6.45, 7) is -0.489. The molecule has 0 N–H and O–H groups in total. The number of fused-ring (bicyclic) bond motifs is 1. The van der Waals surface area contributed by atoms with Crippen LogP contribution >= 0.6 is 23.2 Å². The fraction of sp³-hybridized carbons (Fsp3) is 0.286. The zero-order valence-electron chi connectivity index (χ0n) is 16.2. The molecule has 172 valence electrons. The van der Waals surface area contributed by atoms with Crippen LogP contribution in [-0.2, 0) is 30.2 Å². The first-order chi connectivity index (χ1) is 15.0. The standard InChI is InChI=1S/C21H15Cl2F6NO2/c22-19(23)8-9-31-18-3-1-2-14-15(18)6-7-17(14)30-32-11-12-4-5-13(20(24,25)26)10-16(12)21(27,28)29/h1-5,8,10H,6-7,9,11H2/b30-17+. The Kier molecular flexibility index (Phi) is 7.29. The molecular weight excluding hydrogens is 483 g/mol. The number of oxime groups is 1. The van der Waals surface area contributed by atoms with Crippen LogP contribution < -0.4 is 4.74 Å². The summed E-state index contributed by atoms with van der Waals surface area (Å²) in [4.78, 5) is 5.10. The highest BCUT2D eigenvalue weighted by Gasteiger charge is 2.38. The second-order valence-corrected chi connectivity index (χ2v) is 7.77. The van der Waals surface area contributed by atoms with Gasteiger partial charge in [-0.1, -0.05) is 46.6 Å². The Balaban J connectivity index is 1.77. The first-order valence-electron chi connectivity index (χ1n) is 9.19. The second kappa shape index (κ2) is 9.62. The van der Waals surface area contributed by atoms with Crippen molar-refractivity contribution in [2.45, 2.75) is 31.8 Å². The van der Waals surface area contributed by atoms with E-state index in [2.05, 4.69) is 5.16 Å². The van der Waals surface area contributed by atoms with Gasteiger partial charge in [-0.05, 0) is 37.1 Å². The Morgan fingerprint density at radius 1 is 1.00 bits per heavy atom. The van der Waals surface area contributed by atoms with Gasteiger partial charge in [-0.2, -0.15) is 26.3 Å². The molecule has 0 saturated carbocycles. The minimum Gasteiger partial charge on any atom is -0.489 e. The van der Waals surface area contributed by atoms with Crippen LogP contribution in [0.5, 0.6) is 5.75 Å². The molecule has 0 saturated heterocycles. The van der Waals surface area contributed by atoms with E-state index in [-0.39, 0.29) is 17.2 Å². The van der Waals surface area contributed by atoms with Gasteiger partial charge in [-0.15, -0.1) is 0 Å². The highest BCUT2D eigenvalue weighted by molar-refractivity contribution is 6.55. The molecule has 2 aromatic carbocycles. The van der Waals surface area contributed by atoms with Gasteiger partial charge >= 0.3 is 12.4 Å². The fourth-order valence-corrected chi connectivity index (χ4v) is 3.34. The smallest absolute Gasteiger partial charge is 0.416 e. The molecule has 0 atom stereocenters. The summed E-state index contributed by atoms with van der Waals surface area (Å²) in [6.07, 6.45) is -7.36. The zero-order valence-corrected chi connectivity index (χ0v) is 17.7. The average Bonchev–Trinajstić information content (AvgIpc) is 3.10. The molecule has 0 amide bonds. The molecule has 0 spiro atoms. The molecule has 0 heterocycles. The van der Waals surface area contributed by atoms with Gasteiger partial charge in [0.1, 0.15) is 23.5 Å². The van der Waals surface area contributed by atoms with E-state index >= 15 is 0 Å². The SMILES string of the molecule is FC(F)(F)c1ccc(CO/N=C2\CCc3c(OCC=C(Cl)Cl)cccc32)c(C(F)(F)F)c1. The van der Waals surface area contributed by atoms with E-state index in [0.717, 1.165) is 11.6 Å². The van der Waals surface area contributed by atoms with Gasteiger partial charge < -0.3 is 9.57 Å². The molecule has 3 rings (SSSR count). The Hall–Kier alpha value is -2.39. The van der Waals surface area contributed by atoms with Crippen molar-refractivity contribution < 1.29 is 35.9 Å². The maximum Gasteiger partial charge on any atom is 0.416 e. The highest BCUT2D eigenvalue weighted by Crippen LogP contribution is 2.38. The summed E-state index contributed by atoms with van der Waals surface area (Å²) in [7, 11) is 0. The quantitative estimate of drug-likeness (QED) is 0.310. The van der Waals surface area contributed by atoms with Crippen LogP contribution in [0.4, 0.5) is 26.3 Å². The van der Waals surface area contributed by atoms with Crippen molar-refractivity contribution in [3.8, 4) is 5.75 Å². The van der Waals surface area contributed by atoms with Crippen LogP contribution in [0.25, 0.3) is 0 Å². The first-order valence-corrected chi connectivity index (χ1v) is 9.95. The number of hydrogen-bond donors (Lipinski definition) is 0. The molecule has 32 heavy (non-hydrogen) atoms. The summed E-state index contributed by atoms with van der Waals surface area (Å²) >= 11 is 11.1. The monoisotopic (exact) mass is 497 g/mol. The minimum absolute atomic E-state index is 0.0646. The molecule has 0 unspecified atom stereocenters. The summed E-state index contributed by atoms with van der Waals surface area (Å²) < 4.78 is 83.8. The Bertz CT molecular complexity index is 1040. The van der Waals surface area contributed by atoms with Gasteiger partial charge in [0.05, 0.1) is 16.8 Å². The largest absolute Gasteiger partial charge is 0.489 e. The van der Waals surface area contributed by atoms with Crippen LogP contribution in [0.3, 0.4) is 0 Å². The number of hydrogen-bond acceptors (Lipinski definition) is 3. The molecule has 0 aromatic heterocycles. The molecule has 2 aromatic rings. The van der Waals surface area contributed by atoms with Gasteiger partial charge in [0.25, 0.3) is 0 Å². The van der Waals surface area contributed by atoms with Crippen molar-refractivity contribution in [3.05, 3.63) is 74.8 Å². The van der Waals surface area contributed by atoms with Crippen LogP contribution in [0, 0.1) is 0 Å². The topological polar surface area (TPSA) is 30.8 Å². The average molecular weight is 498 g/mol. The van der Waals surface area contributed by atoms with Crippen molar-refractivity contribution >= 4 is 28.9 Å². The molecule has 0 bridgehead atoms. The molecular formula is C21H15Cl2F6NO2. The number of ether oxygens (including phenoxy) is 1. The number of halogens is 8. The lowest BCUT2D eigenvalue weighted by Gasteiger charge is -2.15. The molecule has 0 radical (unpaired) electrons. The second-order valence-electron chi connectivity index (χ2n) is 6.77. The van der Waals surface area contributed by atoms with Gasteiger partial charge in [0, 0.05) is 16.7 Å². The summed E-state index contributed by atoms with van der Waals surface area (Å²) in [6, 6.07) is 6.63. The highest BCUT2D eigenvalue weighted by atomic mass is 35.5. The van der Waals surface area contributed by atoms with E-state index in [0.29, 0.717) is 35.9 Å². The predicted molar refractivity (Wildman–Crippen MR) is 108 cm³/mol. The predicted octanol–water partition coefficient (Wildman–Crippen LogP) is 7.29. The van der Waals surface area contributed by atoms with E-state index in [9.17, 15) is 26.3 Å². The van der Waals surface area contributed by atoms with E-state index in [4.69, 9.17) is 32.8 Å². The molecule has 0 aliphatic heterocycles. The van der Waals surface area contributed by atoms with Crippen molar-refractivity contribution in [1.29, 1.82) is 0 Å². The van der Waals surface area contributed by atoms with Gasteiger partial charge in [-0.25, -0.2) is 0 Å². The lowest BCUT2D eigenvalue weighted by Crippen LogP contribution is -2.13. The Labute approximate surface area is 189 Å².